The van der Waals surface area contributed by atoms with E-state index in [1.165, 1.54) is 12.8 Å². The average molecular weight is 304 g/mol. The van der Waals surface area contributed by atoms with Crippen molar-refractivity contribution >= 4 is 33.3 Å². The normalized spacial score (nSPS) is 15.6. The molecule has 4 heteroatoms. The summed E-state index contributed by atoms with van der Waals surface area (Å²) >= 11 is 9.63. The highest BCUT2D eigenvalue weighted by Gasteiger charge is 2.31. The summed E-state index contributed by atoms with van der Waals surface area (Å²) in [6.45, 7) is 5.48. The van der Waals surface area contributed by atoms with E-state index in [4.69, 9.17) is 11.6 Å². The summed E-state index contributed by atoms with van der Waals surface area (Å²) in [6.07, 6.45) is 4.35. The average Bonchev–Trinajstić information content (AvgIpc) is 2.97. The number of hydrogen-bond acceptors (Lipinski definition) is 2. The molecule has 1 aliphatic carbocycles. The molecule has 1 saturated carbocycles. The lowest BCUT2D eigenvalue weighted by Crippen LogP contribution is -2.30. The Morgan fingerprint density at radius 1 is 1.56 bits per heavy atom. The van der Waals surface area contributed by atoms with Crippen molar-refractivity contribution < 1.29 is 0 Å². The Balaban J connectivity index is 2.24. The van der Waals surface area contributed by atoms with E-state index in [1.807, 2.05) is 12.3 Å². The zero-order valence-corrected chi connectivity index (χ0v) is 11.9. The van der Waals surface area contributed by atoms with Crippen LogP contribution in [0.5, 0.6) is 0 Å². The largest absolute Gasteiger partial charge is 0.352 e. The Labute approximate surface area is 110 Å². The van der Waals surface area contributed by atoms with Crippen LogP contribution in [-0.2, 0) is 0 Å². The number of halogens is 2. The topological polar surface area (TPSA) is 16.1 Å². The van der Waals surface area contributed by atoms with Crippen molar-refractivity contribution in [1.29, 1.82) is 0 Å². The monoisotopic (exact) mass is 302 g/mol. The van der Waals surface area contributed by atoms with Gasteiger partial charge >= 0.3 is 0 Å². The first-order valence-electron chi connectivity index (χ1n) is 5.65. The van der Waals surface area contributed by atoms with Gasteiger partial charge in [-0.15, -0.1) is 0 Å². The maximum absolute atomic E-state index is 6.25. The molecular formula is C12H16BrClN2. The van der Waals surface area contributed by atoms with Crippen LogP contribution in [0.4, 0.5) is 5.82 Å². The van der Waals surface area contributed by atoms with Crippen LogP contribution < -0.4 is 4.90 Å². The van der Waals surface area contributed by atoms with Crippen molar-refractivity contribution in [3.05, 3.63) is 21.8 Å². The smallest absolute Gasteiger partial charge is 0.147 e. The van der Waals surface area contributed by atoms with Crippen LogP contribution >= 0.6 is 27.5 Å². The Kier molecular flexibility index (Phi) is 3.75. The van der Waals surface area contributed by atoms with E-state index in [-0.39, 0.29) is 0 Å². The fourth-order valence-corrected chi connectivity index (χ4v) is 2.54. The highest BCUT2D eigenvalue weighted by molar-refractivity contribution is 9.10. The molecule has 0 radical (unpaired) electrons. The van der Waals surface area contributed by atoms with E-state index in [9.17, 15) is 0 Å². The van der Waals surface area contributed by atoms with E-state index in [1.54, 1.807) is 0 Å². The molecule has 0 spiro atoms. The molecule has 0 N–H and O–H groups in total. The summed E-state index contributed by atoms with van der Waals surface area (Å²) in [5, 5.41) is 0.738. The van der Waals surface area contributed by atoms with Gasteiger partial charge in [-0.2, -0.15) is 0 Å². The molecule has 1 aromatic heterocycles. The summed E-state index contributed by atoms with van der Waals surface area (Å²) in [5.41, 5.74) is 0. The molecule has 0 atom stereocenters. The second kappa shape index (κ2) is 4.92. The molecule has 1 fully saturated rings. The predicted molar refractivity (Wildman–Crippen MR) is 72.2 cm³/mol. The van der Waals surface area contributed by atoms with Crippen LogP contribution in [0.3, 0.4) is 0 Å². The second-order valence-electron chi connectivity index (χ2n) is 4.74. The summed E-state index contributed by atoms with van der Waals surface area (Å²) in [7, 11) is 0. The number of nitrogens with zero attached hydrogens (tertiary/aromatic N) is 2. The van der Waals surface area contributed by atoms with Gasteiger partial charge in [0.05, 0.1) is 5.02 Å². The third-order valence-corrected chi connectivity index (χ3v) is 3.32. The van der Waals surface area contributed by atoms with E-state index in [0.717, 1.165) is 21.9 Å². The van der Waals surface area contributed by atoms with Gasteiger partial charge < -0.3 is 4.90 Å². The number of pyridine rings is 1. The SMILES string of the molecule is CC(C)CN(c1ncc(Br)cc1Cl)C1CC1. The van der Waals surface area contributed by atoms with Crippen LogP contribution in [-0.4, -0.2) is 17.6 Å². The minimum Gasteiger partial charge on any atom is -0.352 e. The maximum Gasteiger partial charge on any atom is 0.147 e. The Bertz CT molecular complexity index is 377. The van der Waals surface area contributed by atoms with Crippen LogP contribution in [0.1, 0.15) is 26.7 Å². The van der Waals surface area contributed by atoms with Crippen LogP contribution in [0.15, 0.2) is 16.7 Å². The fourth-order valence-electron chi connectivity index (χ4n) is 1.81. The Morgan fingerprint density at radius 2 is 2.25 bits per heavy atom. The molecule has 2 nitrogen and oxygen atoms in total. The van der Waals surface area contributed by atoms with Crippen molar-refractivity contribution in [1.82, 2.24) is 4.98 Å². The summed E-state index contributed by atoms with van der Waals surface area (Å²) in [6, 6.07) is 2.56. The highest BCUT2D eigenvalue weighted by atomic mass is 79.9. The molecule has 88 valence electrons. The summed E-state index contributed by atoms with van der Waals surface area (Å²) in [5.74, 6) is 1.56. The van der Waals surface area contributed by atoms with Crippen molar-refractivity contribution in [2.24, 2.45) is 5.92 Å². The van der Waals surface area contributed by atoms with E-state index in [2.05, 4.69) is 39.7 Å². The molecular weight excluding hydrogens is 288 g/mol. The van der Waals surface area contributed by atoms with Gasteiger partial charge in [0.25, 0.3) is 0 Å². The van der Waals surface area contributed by atoms with Gasteiger partial charge in [-0.1, -0.05) is 25.4 Å². The van der Waals surface area contributed by atoms with Crippen molar-refractivity contribution in [3.8, 4) is 0 Å². The quantitative estimate of drug-likeness (QED) is 0.831. The molecule has 16 heavy (non-hydrogen) atoms. The number of hydrogen-bond donors (Lipinski definition) is 0. The lowest BCUT2D eigenvalue weighted by atomic mass is 10.2. The Hall–Kier alpha value is -0.280. The standard InChI is InChI=1S/C12H16BrClN2/c1-8(2)7-16(10-3-4-10)12-11(14)5-9(13)6-15-12/h5-6,8,10H,3-4,7H2,1-2H3. The first-order valence-corrected chi connectivity index (χ1v) is 6.82. The minimum absolute atomic E-state index is 0.627. The molecule has 0 unspecified atom stereocenters. The fraction of sp³-hybridized carbons (Fsp3) is 0.583. The van der Waals surface area contributed by atoms with Crippen molar-refractivity contribution in [3.63, 3.8) is 0 Å². The van der Waals surface area contributed by atoms with Gasteiger partial charge in [0.2, 0.25) is 0 Å². The first-order chi connectivity index (χ1) is 7.58. The molecule has 0 aromatic carbocycles. The minimum atomic E-state index is 0.627. The van der Waals surface area contributed by atoms with Crippen molar-refractivity contribution in [2.45, 2.75) is 32.7 Å². The molecule has 0 saturated heterocycles. The van der Waals surface area contributed by atoms with Crippen molar-refractivity contribution in [2.75, 3.05) is 11.4 Å². The third kappa shape index (κ3) is 2.89. The molecule has 1 aromatic rings. The lowest BCUT2D eigenvalue weighted by molar-refractivity contribution is 0.603. The molecule has 1 heterocycles. The zero-order valence-electron chi connectivity index (χ0n) is 9.58. The maximum atomic E-state index is 6.25. The van der Waals surface area contributed by atoms with Gasteiger partial charge in [0.1, 0.15) is 5.82 Å². The van der Waals surface area contributed by atoms with Gasteiger partial charge in [-0.3, -0.25) is 0 Å². The number of rotatable bonds is 4. The van der Waals surface area contributed by atoms with Gasteiger partial charge in [0.15, 0.2) is 0 Å². The predicted octanol–water partition coefficient (Wildman–Crippen LogP) is 4.12. The second-order valence-corrected chi connectivity index (χ2v) is 6.06. The lowest BCUT2D eigenvalue weighted by Gasteiger charge is -2.26. The number of anilines is 1. The first kappa shape index (κ1) is 12.2. The van der Waals surface area contributed by atoms with Crippen LogP contribution in [0.25, 0.3) is 0 Å². The highest BCUT2D eigenvalue weighted by Crippen LogP contribution is 2.35. The summed E-state index contributed by atoms with van der Waals surface area (Å²) in [4.78, 5) is 6.79. The molecule has 0 amide bonds. The van der Waals surface area contributed by atoms with E-state index in [0.29, 0.717) is 12.0 Å². The van der Waals surface area contributed by atoms with Crippen LogP contribution in [0.2, 0.25) is 5.02 Å². The molecule has 0 bridgehead atoms. The number of aromatic nitrogens is 1. The van der Waals surface area contributed by atoms with E-state index < -0.39 is 0 Å². The zero-order chi connectivity index (χ0) is 11.7. The van der Waals surface area contributed by atoms with Gasteiger partial charge in [-0.05, 0) is 40.8 Å². The van der Waals surface area contributed by atoms with Gasteiger partial charge in [-0.25, -0.2) is 4.98 Å². The van der Waals surface area contributed by atoms with E-state index >= 15 is 0 Å². The summed E-state index contributed by atoms with van der Waals surface area (Å²) < 4.78 is 0.932. The molecule has 0 aliphatic heterocycles. The third-order valence-electron chi connectivity index (χ3n) is 2.61. The van der Waals surface area contributed by atoms with Gasteiger partial charge in [0, 0.05) is 23.3 Å². The van der Waals surface area contributed by atoms with Crippen LogP contribution in [0, 0.1) is 5.92 Å². The Morgan fingerprint density at radius 3 is 2.75 bits per heavy atom. The molecule has 2 rings (SSSR count). The molecule has 1 aliphatic rings.